The van der Waals surface area contributed by atoms with Gasteiger partial charge in [0.05, 0.1) is 19.3 Å². The molecule has 0 aliphatic carbocycles. The third-order valence-corrected chi connectivity index (χ3v) is 4.77. The number of morpholine rings is 1. The number of hydrogen-bond donors (Lipinski definition) is 1. The second-order valence-electron chi connectivity index (χ2n) is 6.43. The summed E-state index contributed by atoms with van der Waals surface area (Å²) in [6.07, 6.45) is 3.48. The van der Waals surface area contributed by atoms with Gasteiger partial charge in [-0.15, -0.1) is 0 Å². The molecule has 3 heterocycles. The molecule has 27 heavy (non-hydrogen) atoms. The van der Waals surface area contributed by atoms with Crippen LogP contribution in [0.2, 0.25) is 0 Å². The van der Waals surface area contributed by atoms with E-state index in [-0.39, 0.29) is 11.7 Å². The van der Waals surface area contributed by atoms with Crippen LogP contribution in [0.3, 0.4) is 0 Å². The molecule has 1 aliphatic rings. The summed E-state index contributed by atoms with van der Waals surface area (Å²) in [5.41, 5.74) is -0.0301. The Morgan fingerprint density at radius 2 is 2.00 bits per heavy atom. The third-order valence-electron chi connectivity index (χ3n) is 4.77. The first-order valence-electron chi connectivity index (χ1n) is 8.76. The van der Waals surface area contributed by atoms with E-state index < -0.39 is 17.2 Å². The van der Waals surface area contributed by atoms with Gasteiger partial charge in [-0.1, -0.05) is 6.07 Å². The molecule has 144 valence electrons. The van der Waals surface area contributed by atoms with E-state index in [0.717, 1.165) is 23.2 Å². The van der Waals surface area contributed by atoms with E-state index >= 15 is 0 Å². The quantitative estimate of drug-likeness (QED) is 0.743. The third kappa shape index (κ3) is 4.15. The molecular formula is C18H23N5O4. The van der Waals surface area contributed by atoms with Crippen LogP contribution in [0.5, 0.6) is 0 Å². The molecule has 2 aromatic heterocycles. The molecule has 1 amide bonds. The van der Waals surface area contributed by atoms with Gasteiger partial charge < -0.3 is 10.1 Å². The van der Waals surface area contributed by atoms with Gasteiger partial charge in [-0.05, 0) is 11.6 Å². The van der Waals surface area contributed by atoms with Gasteiger partial charge in [0.2, 0.25) is 0 Å². The monoisotopic (exact) mass is 373 g/mol. The minimum atomic E-state index is -0.537. The summed E-state index contributed by atoms with van der Waals surface area (Å²) in [5.74, 6) is -0.463. The van der Waals surface area contributed by atoms with Crippen molar-refractivity contribution in [3.8, 4) is 0 Å². The molecule has 1 fully saturated rings. The van der Waals surface area contributed by atoms with Crippen molar-refractivity contribution in [3.05, 3.63) is 62.7 Å². The van der Waals surface area contributed by atoms with Crippen molar-refractivity contribution >= 4 is 5.91 Å². The fourth-order valence-corrected chi connectivity index (χ4v) is 3.15. The zero-order chi connectivity index (χ0) is 19.4. The maximum atomic E-state index is 12.6. The lowest BCUT2D eigenvalue weighted by Gasteiger charge is -2.34. The zero-order valence-corrected chi connectivity index (χ0v) is 15.4. The fourth-order valence-electron chi connectivity index (χ4n) is 3.15. The van der Waals surface area contributed by atoms with Crippen LogP contribution in [-0.4, -0.2) is 57.8 Å². The minimum absolute atomic E-state index is 0.0371. The number of pyridine rings is 1. The molecule has 1 atom stereocenters. The second kappa shape index (κ2) is 8.28. The summed E-state index contributed by atoms with van der Waals surface area (Å²) in [7, 11) is 2.85. The summed E-state index contributed by atoms with van der Waals surface area (Å²) in [6.45, 7) is 3.09. The highest BCUT2D eigenvalue weighted by atomic mass is 16.5. The van der Waals surface area contributed by atoms with Crippen molar-refractivity contribution in [2.24, 2.45) is 14.1 Å². The largest absolute Gasteiger partial charge is 0.379 e. The van der Waals surface area contributed by atoms with E-state index in [2.05, 4.69) is 15.2 Å². The van der Waals surface area contributed by atoms with Crippen molar-refractivity contribution in [2.75, 3.05) is 32.8 Å². The number of hydrogen-bond acceptors (Lipinski definition) is 6. The lowest BCUT2D eigenvalue weighted by molar-refractivity contribution is 0.0161. The number of nitrogens with one attached hydrogen (secondary N) is 1. The molecule has 1 unspecified atom stereocenters. The van der Waals surface area contributed by atoms with Gasteiger partial charge >= 0.3 is 5.69 Å². The van der Waals surface area contributed by atoms with E-state index in [1.54, 1.807) is 12.4 Å². The van der Waals surface area contributed by atoms with Crippen molar-refractivity contribution < 1.29 is 9.53 Å². The van der Waals surface area contributed by atoms with Crippen molar-refractivity contribution in [3.63, 3.8) is 0 Å². The number of aromatic nitrogens is 3. The molecule has 9 nitrogen and oxygen atoms in total. The predicted molar refractivity (Wildman–Crippen MR) is 98.6 cm³/mol. The van der Waals surface area contributed by atoms with E-state index in [1.807, 2.05) is 12.1 Å². The number of amides is 1. The number of carbonyl (C=O) groups is 1. The Hall–Kier alpha value is -2.78. The molecule has 1 aliphatic heterocycles. The SMILES string of the molecule is Cn1c(C(=O)NCC(c2cccnc2)N2CCOCC2)cc(=O)n(C)c1=O. The summed E-state index contributed by atoms with van der Waals surface area (Å²) in [5, 5.41) is 2.85. The highest BCUT2D eigenvalue weighted by molar-refractivity contribution is 5.92. The molecule has 0 saturated carbocycles. The van der Waals surface area contributed by atoms with Crippen LogP contribution in [0.4, 0.5) is 0 Å². The van der Waals surface area contributed by atoms with Gasteiger partial charge in [0.25, 0.3) is 11.5 Å². The molecule has 3 rings (SSSR count). The molecule has 0 spiro atoms. The Balaban J connectivity index is 1.80. The second-order valence-corrected chi connectivity index (χ2v) is 6.43. The highest BCUT2D eigenvalue weighted by Crippen LogP contribution is 2.20. The Labute approximate surface area is 156 Å². The van der Waals surface area contributed by atoms with E-state index in [0.29, 0.717) is 19.8 Å². The predicted octanol–water partition coefficient (Wildman–Crippen LogP) is -0.718. The molecule has 0 radical (unpaired) electrons. The Morgan fingerprint density at radius 3 is 2.67 bits per heavy atom. The number of rotatable bonds is 5. The van der Waals surface area contributed by atoms with Crippen LogP contribution in [-0.2, 0) is 18.8 Å². The van der Waals surface area contributed by atoms with Gasteiger partial charge in [0, 0.05) is 52.2 Å². The Kier molecular flexibility index (Phi) is 5.82. The molecule has 1 saturated heterocycles. The number of ether oxygens (including phenoxy) is 1. The van der Waals surface area contributed by atoms with Gasteiger partial charge in [-0.2, -0.15) is 0 Å². The van der Waals surface area contributed by atoms with E-state index in [4.69, 9.17) is 4.74 Å². The Morgan fingerprint density at radius 1 is 1.26 bits per heavy atom. The molecule has 0 bridgehead atoms. The van der Waals surface area contributed by atoms with Crippen LogP contribution in [0.25, 0.3) is 0 Å². The average molecular weight is 373 g/mol. The summed E-state index contributed by atoms with van der Waals surface area (Å²) < 4.78 is 7.55. The van der Waals surface area contributed by atoms with E-state index in [1.165, 1.54) is 24.7 Å². The first kappa shape index (κ1) is 19.0. The summed E-state index contributed by atoms with van der Waals surface area (Å²) >= 11 is 0. The van der Waals surface area contributed by atoms with Crippen molar-refractivity contribution in [2.45, 2.75) is 6.04 Å². The standard InChI is InChI=1S/C18H23N5O4/c1-21-14(10-16(24)22(2)18(21)26)17(25)20-12-15(13-4-3-5-19-11-13)23-6-8-27-9-7-23/h3-5,10-11,15H,6-9,12H2,1-2H3,(H,20,25). The molecule has 9 heteroatoms. The van der Waals surface area contributed by atoms with Gasteiger partial charge in [-0.25, -0.2) is 4.79 Å². The number of carbonyl (C=O) groups excluding carboxylic acids is 1. The number of nitrogens with zero attached hydrogens (tertiary/aromatic N) is 4. The Bertz CT molecular complexity index is 916. The lowest BCUT2D eigenvalue weighted by atomic mass is 10.1. The maximum Gasteiger partial charge on any atom is 0.331 e. The molecule has 2 aromatic rings. The summed E-state index contributed by atoms with van der Waals surface area (Å²) in [4.78, 5) is 42.9. The highest BCUT2D eigenvalue weighted by Gasteiger charge is 2.24. The molecule has 1 N–H and O–H groups in total. The van der Waals surface area contributed by atoms with Gasteiger partial charge in [0.15, 0.2) is 0 Å². The lowest BCUT2D eigenvalue weighted by Crippen LogP contribution is -2.45. The fraction of sp³-hybridized carbons (Fsp3) is 0.444. The first-order valence-corrected chi connectivity index (χ1v) is 8.76. The maximum absolute atomic E-state index is 12.6. The van der Waals surface area contributed by atoms with Crippen LogP contribution >= 0.6 is 0 Å². The minimum Gasteiger partial charge on any atom is -0.379 e. The first-order chi connectivity index (χ1) is 13.0. The molecular weight excluding hydrogens is 350 g/mol. The smallest absolute Gasteiger partial charge is 0.331 e. The average Bonchev–Trinajstić information content (AvgIpc) is 2.70. The van der Waals surface area contributed by atoms with Crippen LogP contribution in [0.15, 0.2) is 40.2 Å². The molecule has 0 aromatic carbocycles. The summed E-state index contributed by atoms with van der Waals surface area (Å²) in [6, 6.07) is 4.92. The van der Waals surface area contributed by atoms with Crippen LogP contribution in [0, 0.1) is 0 Å². The zero-order valence-electron chi connectivity index (χ0n) is 15.4. The van der Waals surface area contributed by atoms with Crippen molar-refractivity contribution in [1.29, 1.82) is 0 Å². The normalized spacial score (nSPS) is 16.1. The van der Waals surface area contributed by atoms with Gasteiger partial charge in [-0.3, -0.25) is 28.6 Å². The van der Waals surface area contributed by atoms with E-state index in [9.17, 15) is 14.4 Å². The van der Waals surface area contributed by atoms with Gasteiger partial charge in [0.1, 0.15) is 5.69 Å². The van der Waals surface area contributed by atoms with Crippen LogP contribution < -0.4 is 16.6 Å². The topological polar surface area (TPSA) is 98.5 Å². The van der Waals surface area contributed by atoms with Crippen molar-refractivity contribution in [1.82, 2.24) is 24.3 Å². The van der Waals surface area contributed by atoms with Crippen LogP contribution in [0.1, 0.15) is 22.1 Å².